The number of pyridine rings is 1. The van der Waals surface area contributed by atoms with Gasteiger partial charge in [0.1, 0.15) is 5.75 Å². The number of piperidine rings is 3. The molecule has 0 aliphatic carbocycles. The molecule has 2 aromatic rings. The van der Waals surface area contributed by atoms with Crippen LogP contribution in [0.25, 0.3) is 10.9 Å². The minimum absolute atomic E-state index is 0.167. The van der Waals surface area contributed by atoms with Gasteiger partial charge in [0.05, 0.1) is 18.7 Å². The van der Waals surface area contributed by atoms with Gasteiger partial charge in [-0.15, -0.1) is 6.58 Å². The molecule has 5 atom stereocenters. The zero-order valence-corrected chi connectivity index (χ0v) is 16.5. The molecule has 3 aliphatic heterocycles. The molecule has 3 fully saturated rings. The Hall–Kier alpha value is -1.18. The van der Waals surface area contributed by atoms with Crippen LogP contribution in [0.2, 0.25) is 0 Å². The summed E-state index contributed by atoms with van der Waals surface area (Å²) in [6.45, 7) is 6.07. The molecular formula is C20H23IN2O2. The maximum Gasteiger partial charge on any atom is 0.119 e. The molecule has 3 saturated heterocycles. The lowest BCUT2D eigenvalue weighted by molar-refractivity contribution is -0.0447. The number of fused-ring (bicyclic) bond motifs is 4. The average molecular weight is 450 g/mol. The van der Waals surface area contributed by atoms with Gasteiger partial charge in [0.2, 0.25) is 0 Å². The van der Waals surface area contributed by atoms with E-state index in [1.165, 1.54) is 6.42 Å². The number of aromatic nitrogens is 1. The number of rotatable bonds is 4. The van der Waals surface area contributed by atoms with Crippen molar-refractivity contribution in [1.29, 1.82) is 0 Å². The van der Waals surface area contributed by atoms with Crippen LogP contribution in [0.15, 0.2) is 37.1 Å². The Labute approximate surface area is 162 Å². The fourth-order valence-electron chi connectivity index (χ4n) is 4.49. The molecule has 4 nitrogen and oxygen atoms in total. The molecule has 5 rings (SSSR count). The Morgan fingerprint density at radius 2 is 2.32 bits per heavy atom. The van der Waals surface area contributed by atoms with Crippen LogP contribution in [0.5, 0.6) is 5.75 Å². The molecule has 0 spiro atoms. The third-order valence-electron chi connectivity index (χ3n) is 5.88. The van der Waals surface area contributed by atoms with Crippen LogP contribution in [0.3, 0.4) is 0 Å². The van der Waals surface area contributed by atoms with E-state index in [0.717, 1.165) is 45.3 Å². The van der Waals surface area contributed by atoms with Crippen LogP contribution in [0.1, 0.15) is 24.5 Å². The first kappa shape index (κ1) is 17.2. The molecule has 1 N–H and O–H groups in total. The standard InChI is InChI=1S/C20H23IN2O2/c1-3-12-11-23-7-6-13(12)8-18(23)20(24)19-15-9-14(25-2)4-5-17(15)22-10-16(19)21/h3-5,9-10,12-13,18,20,24H,1,6-8,11H2,2H3/t12-,13-,18-,20-/m0/s1. The molecule has 1 aromatic carbocycles. The Morgan fingerprint density at radius 1 is 1.48 bits per heavy atom. The van der Waals surface area contributed by atoms with Gasteiger partial charge in [0.15, 0.2) is 0 Å². The lowest BCUT2D eigenvalue weighted by atomic mass is 9.73. The van der Waals surface area contributed by atoms with Crippen LogP contribution in [-0.4, -0.2) is 41.2 Å². The van der Waals surface area contributed by atoms with Gasteiger partial charge in [-0.2, -0.15) is 0 Å². The van der Waals surface area contributed by atoms with E-state index in [1.54, 1.807) is 7.11 Å². The molecule has 3 aliphatic rings. The molecule has 25 heavy (non-hydrogen) atoms. The Bertz CT molecular complexity index is 810. The van der Waals surface area contributed by atoms with E-state index in [-0.39, 0.29) is 6.04 Å². The minimum Gasteiger partial charge on any atom is -0.497 e. The quantitative estimate of drug-likeness (QED) is 0.569. The zero-order valence-electron chi connectivity index (χ0n) is 14.4. The maximum atomic E-state index is 11.3. The number of nitrogens with zero attached hydrogens (tertiary/aromatic N) is 2. The summed E-state index contributed by atoms with van der Waals surface area (Å²) in [6, 6.07) is 6.03. The second-order valence-electron chi connectivity index (χ2n) is 7.09. The topological polar surface area (TPSA) is 45.6 Å². The number of hydrogen-bond acceptors (Lipinski definition) is 4. The fourth-order valence-corrected chi connectivity index (χ4v) is 5.24. The van der Waals surface area contributed by atoms with Gasteiger partial charge in [-0.05, 0) is 72.0 Å². The maximum absolute atomic E-state index is 11.3. The summed E-state index contributed by atoms with van der Waals surface area (Å²) in [7, 11) is 1.67. The van der Waals surface area contributed by atoms with Crippen molar-refractivity contribution < 1.29 is 9.84 Å². The van der Waals surface area contributed by atoms with Gasteiger partial charge < -0.3 is 9.84 Å². The zero-order chi connectivity index (χ0) is 17.6. The van der Waals surface area contributed by atoms with Crippen molar-refractivity contribution >= 4 is 33.5 Å². The van der Waals surface area contributed by atoms with Gasteiger partial charge in [-0.25, -0.2) is 0 Å². The van der Waals surface area contributed by atoms with Crippen molar-refractivity contribution in [1.82, 2.24) is 9.88 Å². The van der Waals surface area contributed by atoms with E-state index in [2.05, 4.69) is 45.1 Å². The number of ether oxygens (including phenoxy) is 1. The first-order chi connectivity index (χ1) is 12.1. The summed E-state index contributed by atoms with van der Waals surface area (Å²) >= 11 is 2.29. The third-order valence-corrected chi connectivity index (χ3v) is 6.74. The summed E-state index contributed by atoms with van der Waals surface area (Å²) in [6.07, 6.45) is 5.68. The minimum atomic E-state index is -0.516. The van der Waals surface area contributed by atoms with Crippen LogP contribution >= 0.6 is 22.6 Å². The Morgan fingerprint density at radius 3 is 3.00 bits per heavy atom. The molecule has 0 radical (unpaired) electrons. The van der Waals surface area contributed by atoms with Gasteiger partial charge in [0.25, 0.3) is 0 Å². The van der Waals surface area contributed by atoms with Gasteiger partial charge >= 0.3 is 0 Å². The van der Waals surface area contributed by atoms with E-state index in [0.29, 0.717) is 11.8 Å². The molecule has 0 amide bonds. The van der Waals surface area contributed by atoms with Crippen molar-refractivity contribution in [2.75, 3.05) is 20.2 Å². The Kier molecular flexibility index (Phi) is 4.73. The normalized spacial score (nSPS) is 29.6. The molecule has 4 heterocycles. The SMILES string of the molecule is C=C[C@H]1CN2CC[C@H]1C[C@H]2[C@H](O)c1c(I)cnc2ccc(OC)cc12. The van der Waals surface area contributed by atoms with E-state index < -0.39 is 6.10 Å². The van der Waals surface area contributed by atoms with Crippen LogP contribution < -0.4 is 4.74 Å². The highest BCUT2D eigenvalue weighted by atomic mass is 127. The predicted octanol–water partition coefficient (Wildman–Crippen LogP) is 3.78. The molecular weight excluding hydrogens is 427 g/mol. The summed E-state index contributed by atoms with van der Waals surface area (Å²) in [5, 5.41) is 12.3. The highest BCUT2D eigenvalue weighted by molar-refractivity contribution is 14.1. The second kappa shape index (κ2) is 6.85. The van der Waals surface area contributed by atoms with E-state index >= 15 is 0 Å². The van der Waals surface area contributed by atoms with Crippen molar-refractivity contribution in [3.05, 3.63) is 46.2 Å². The summed E-state index contributed by atoms with van der Waals surface area (Å²) in [4.78, 5) is 6.96. The number of aliphatic hydroxyl groups excluding tert-OH is 1. The smallest absolute Gasteiger partial charge is 0.119 e. The van der Waals surface area contributed by atoms with Crippen LogP contribution in [0, 0.1) is 15.4 Å². The lowest BCUT2D eigenvalue weighted by Gasteiger charge is -2.50. The molecule has 132 valence electrons. The number of hydrogen-bond donors (Lipinski definition) is 1. The monoisotopic (exact) mass is 450 g/mol. The van der Waals surface area contributed by atoms with Crippen molar-refractivity contribution in [3.8, 4) is 5.75 Å². The van der Waals surface area contributed by atoms with Crippen molar-refractivity contribution in [2.24, 2.45) is 11.8 Å². The third kappa shape index (κ3) is 2.96. The van der Waals surface area contributed by atoms with Gasteiger partial charge in [-0.3, -0.25) is 9.88 Å². The number of halogens is 1. The van der Waals surface area contributed by atoms with E-state index in [1.807, 2.05) is 24.4 Å². The second-order valence-corrected chi connectivity index (χ2v) is 8.26. The first-order valence-corrected chi connectivity index (χ1v) is 9.87. The van der Waals surface area contributed by atoms with Gasteiger partial charge in [-0.1, -0.05) is 6.08 Å². The van der Waals surface area contributed by atoms with Gasteiger partial charge in [0, 0.05) is 33.3 Å². The van der Waals surface area contributed by atoms with E-state index in [4.69, 9.17) is 4.74 Å². The van der Waals surface area contributed by atoms with E-state index in [9.17, 15) is 5.11 Å². The number of benzene rings is 1. The molecule has 1 aromatic heterocycles. The molecule has 5 heteroatoms. The van der Waals surface area contributed by atoms with Crippen molar-refractivity contribution in [3.63, 3.8) is 0 Å². The summed E-state index contributed by atoms with van der Waals surface area (Å²) in [5.74, 6) is 2.00. The number of methoxy groups -OCH3 is 1. The lowest BCUT2D eigenvalue weighted by Crippen LogP contribution is -2.55. The van der Waals surface area contributed by atoms with Crippen LogP contribution in [-0.2, 0) is 0 Å². The predicted molar refractivity (Wildman–Crippen MR) is 108 cm³/mol. The summed E-state index contributed by atoms with van der Waals surface area (Å²) < 4.78 is 6.40. The Balaban J connectivity index is 1.74. The average Bonchev–Trinajstić information content (AvgIpc) is 2.67. The highest BCUT2D eigenvalue weighted by Crippen LogP contribution is 2.43. The highest BCUT2D eigenvalue weighted by Gasteiger charge is 2.42. The van der Waals surface area contributed by atoms with Crippen molar-refractivity contribution in [2.45, 2.75) is 25.0 Å². The summed E-state index contributed by atoms with van der Waals surface area (Å²) in [5.41, 5.74) is 1.88. The van der Waals surface area contributed by atoms with Crippen LogP contribution in [0.4, 0.5) is 0 Å². The first-order valence-electron chi connectivity index (χ1n) is 8.79. The fraction of sp³-hybridized carbons (Fsp3) is 0.450. The molecule has 0 saturated carbocycles. The molecule has 1 unspecified atom stereocenters. The largest absolute Gasteiger partial charge is 0.497 e. The molecule has 2 bridgehead atoms. The number of aliphatic hydroxyl groups is 1.